The third kappa shape index (κ3) is 3.79. The van der Waals surface area contributed by atoms with Crippen LogP contribution in [0.15, 0.2) is 36.4 Å². The molecule has 0 aromatic heterocycles. The number of carbonyl (C=O) groups is 2. The first kappa shape index (κ1) is 20.0. The zero-order valence-electron chi connectivity index (χ0n) is 16.0. The lowest BCUT2D eigenvalue weighted by Crippen LogP contribution is -2.25. The maximum Gasteiger partial charge on any atom is 0.198 e. The highest BCUT2D eigenvalue weighted by Gasteiger charge is 2.34. The van der Waals surface area contributed by atoms with Crippen molar-refractivity contribution in [2.75, 3.05) is 13.2 Å². The van der Waals surface area contributed by atoms with Gasteiger partial charge in [-0.05, 0) is 25.0 Å². The molecule has 1 aliphatic rings. The number of aliphatic hydroxyl groups excluding tert-OH is 2. The Kier molecular flexibility index (Phi) is 6.11. The van der Waals surface area contributed by atoms with Crippen LogP contribution >= 0.6 is 0 Å². The van der Waals surface area contributed by atoms with Gasteiger partial charge in [0.15, 0.2) is 11.6 Å². The maximum absolute atomic E-state index is 13.1. The molecule has 0 heterocycles. The highest BCUT2D eigenvalue weighted by atomic mass is 16.5. The largest absolute Gasteiger partial charge is 0.490 e. The van der Waals surface area contributed by atoms with E-state index in [0.29, 0.717) is 12.8 Å². The summed E-state index contributed by atoms with van der Waals surface area (Å²) in [6.07, 6.45) is -0.255. The van der Waals surface area contributed by atoms with Gasteiger partial charge in [-0.3, -0.25) is 9.59 Å². The second-order valence-electron chi connectivity index (χ2n) is 6.76. The molecule has 0 fully saturated rings. The third-order valence-corrected chi connectivity index (χ3v) is 4.80. The van der Waals surface area contributed by atoms with Crippen molar-refractivity contribution in [2.45, 2.75) is 38.9 Å². The Hall–Kier alpha value is -2.70. The number of ether oxygens (including phenoxy) is 2. The predicted octanol–water partition coefficient (Wildman–Crippen LogP) is 2.76. The van der Waals surface area contributed by atoms with Gasteiger partial charge in [-0.25, -0.2) is 0 Å². The molecule has 2 aromatic carbocycles. The van der Waals surface area contributed by atoms with Crippen LogP contribution in [0, 0.1) is 0 Å². The Morgan fingerprint density at radius 2 is 1.14 bits per heavy atom. The molecule has 2 unspecified atom stereocenters. The molecular weight excluding hydrogens is 360 g/mol. The SMILES string of the molecule is CCC(O)COc1cccc2c1C(=O)c1cccc(OCC(O)CC)c1C2=O. The number of aliphatic hydroxyl groups is 2. The zero-order chi connectivity index (χ0) is 20.3. The van der Waals surface area contributed by atoms with E-state index in [2.05, 4.69) is 0 Å². The summed E-state index contributed by atoms with van der Waals surface area (Å²) in [5.74, 6) is -0.0937. The van der Waals surface area contributed by atoms with Crippen LogP contribution in [0.25, 0.3) is 0 Å². The second kappa shape index (κ2) is 8.54. The number of benzene rings is 2. The van der Waals surface area contributed by atoms with E-state index < -0.39 is 12.2 Å². The van der Waals surface area contributed by atoms with Gasteiger partial charge in [0.05, 0.1) is 23.3 Å². The maximum atomic E-state index is 13.1. The van der Waals surface area contributed by atoms with Crippen molar-refractivity contribution < 1.29 is 29.3 Å². The Morgan fingerprint density at radius 1 is 0.750 bits per heavy atom. The minimum atomic E-state index is -0.650. The average Bonchev–Trinajstić information content (AvgIpc) is 2.73. The van der Waals surface area contributed by atoms with Crippen molar-refractivity contribution in [3.8, 4) is 11.5 Å². The highest BCUT2D eigenvalue weighted by Crippen LogP contribution is 2.37. The standard InChI is InChI=1S/C22H24O6/c1-3-13(23)11-27-17-9-5-7-15-19(17)21(25)16-8-6-10-18(20(16)22(15)26)28-12-14(24)4-2/h5-10,13-14,23-24H,3-4,11-12H2,1-2H3. The monoisotopic (exact) mass is 384 g/mol. The highest BCUT2D eigenvalue weighted by molar-refractivity contribution is 6.30. The van der Waals surface area contributed by atoms with Crippen molar-refractivity contribution in [3.63, 3.8) is 0 Å². The lowest BCUT2D eigenvalue weighted by Gasteiger charge is -2.23. The number of ketones is 2. The van der Waals surface area contributed by atoms with Gasteiger partial charge in [0.1, 0.15) is 24.7 Å². The molecule has 0 spiro atoms. The molecule has 1 aliphatic carbocycles. The lowest BCUT2D eigenvalue weighted by molar-refractivity contribution is 0.0929. The van der Waals surface area contributed by atoms with E-state index >= 15 is 0 Å². The summed E-state index contributed by atoms with van der Waals surface area (Å²) in [5, 5.41) is 19.5. The molecule has 2 aromatic rings. The fourth-order valence-corrected chi connectivity index (χ4v) is 3.03. The lowest BCUT2D eigenvalue weighted by atomic mass is 9.83. The molecule has 0 saturated heterocycles. The van der Waals surface area contributed by atoms with Crippen LogP contribution in [-0.4, -0.2) is 47.2 Å². The molecule has 148 valence electrons. The molecule has 0 amide bonds. The molecule has 28 heavy (non-hydrogen) atoms. The van der Waals surface area contributed by atoms with Gasteiger partial charge in [0.2, 0.25) is 0 Å². The van der Waals surface area contributed by atoms with Gasteiger partial charge < -0.3 is 19.7 Å². The first-order valence-electron chi connectivity index (χ1n) is 9.45. The molecule has 6 nitrogen and oxygen atoms in total. The molecule has 0 bridgehead atoms. The summed E-state index contributed by atoms with van der Waals surface area (Å²) in [7, 11) is 0. The van der Waals surface area contributed by atoms with E-state index in [0.717, 1.165) is 0 Å². The fraction of sp³-hybridized carbons (Fsp3) is 0.364. The van der Waals surface area contributed by atoms with E-state index in [1.165, 1.54) is 0 Å². The summed E-state index contributed by atoms with van der Waals surface area (Å²) < 4.78 is 11.3. The molecule has 2 N–H and O–H groups in total. The first-order chi connectivity index (χ1) is 13.5. The predicted molar refractivity (Wildman–Crippen MR) is 103 cm³/mol. The van der Waals surface area contributed by atoms with Crippen LogP contribution in [0.5, 0.6) is 11.5 Å². The molecule has 2 atom stereocenters. The summed E-state index contributed by atoms with van der Waals surface area (Å²) in [6, 6.07) is 9.70. The molecule has 0 saturated carbocycles. The van der Waals surface area contributed by atoms with Crippen LogP contribution in [0.2, 0.25) is 0 Å². The molecular formula is C22H24O6. The Labute approximate surface area is 163 Å². The van der Waals surface area contributed by atoms with E-state index in [9.17, 15) is 19.8 Å². The topological polar surface area (TPSA) is 93.1 Å². The molecule has 0 aliphatic heterocycles. The number of rotatable bonds is 8. The van der Waals surface area contributed by atoms with Crippen LogP contribution in [0.3, 0.4) is 0 Å². The van der Waals surface area contributed by atoms with E-state index in [1.807, 2.05) is 13.8 Å². The zero-order valence-corrected chi connectivity index (χ0v) is 16.0. The van der Waals surface area contributed by atoms with E-state index in [1.54, 1.807) is 36.4 Å². The number of carbonyl (C=O) groups excluding carboxylic acids is 2. The summed E-state index contributed by atoms with van der Waals surface area (Å²) in [6.45, 7) is 3.74. The van der Waals surface area contributed by atoms with Crippen LogP contribution in [-0.2, 0) is 0 Å². The second-order valence-corrected chi connectivity index (χ2v) is 6.76. The third-order valence-electron chi connectivity index (χ3n) is 4.80. The van der Waals surface area contributed by atoms with Crippen LogP contribution in [0.4, 0.5) is 0 Å². The van der Waals surface area contributed by atoms with Crippen molar-refractivity contribution >= 4 is 11.6 Å². The summed E-state index contributed by atoms with van der Waals surface area (Å²) in [4.78, 5) is 26.3. The number of hydrogen-bond donors (Lipinski definition) is 2. The number of hydrogen-bond acceptors (Lipinski definition) is 6. The summed E-state index contributed by atoms with van der Waals surface area (Å²) >= 11 is 0. The van der Waals surface area contributed by atoms with E-state index in [-0.39, 0.29) is 58.5 Å². The van der Waals surface area contributed by atoms with Gasteiger partial charge in [-0.15, -0.1) is 0 Å². The van der Waals surface area contributed by atoms with Crippen molar-refractivity contribution in [2.24, 2.45) is 0 Å². The Balaban J connectivity index is 1.98. The molecule has 6 heteroatoms. The first-order valence-corrected chi connectivity index (χ1v) is 9.45. The number of fused-ring (bicyclic) bond motifs is 2. The van der Waals surface area contributed by atoms with Gasteiger partial charge in [0.25, 0.3) is 0 Å². The van der Waals surface area contributed by atoms with Gasteiger partial charge in [0, 0.05) is 11.1 Å². The van der Waals surface area contributed by atoms with Crippen LogP contribution in [0.1, 0.15) is 58.5 Å². The molecule has 0 radical (unpaired) electrons. The Morgan fingerprint density at radius 3 is 1.50 bits per heavy atom. The summed E-state index contributed by atoms with van der Waals surface area (Å²) in [5.41, 5.74) is 0.893. The minimum absolute atomic E-state index is 0.0410. The normalized spacial score (nSPS) is 14.9. The van der Waals surface area contributed by atoms with Crippen molar-refractivity contribution in [1.82, 2.24) is 0 Å². The minimum Gasteiger partial charge on any atom is -0.490 e. The smallest absolute Gasteiger partial charge is 0.198 e. The quantitative estimate of drug-likeness (QED) is 0.620. The molecule has 3 rings (SSSR count). The van der Waals surface area contributed by atoms with Crippen molar-refractivity contribution in [1.29, 1.82) is 0 Å². The van der Waals surface area contributed by atoms with Crippen LogP contribution < -0.4 is 9.47 Å². The van der Waals surface area contributed by atoms with E-state index in [4.69, 9.17) is 9.47 Å². The van der Waals surface area contributed by atoms with Crippen molar-refractivity contribution in [3.05, 3.63) is 58.7 Å². The Bertz CT molecular complexity index is 815. The average molecular weight is 384 g/mol. The van der Waals surface area contributed by atoms with Gasteiger partial charge in [-0.1, -0.05) is 38.1 Å². The fourth-order valence-electron chi connectivity index (χ4n) is 3.03. The van der Waals surface area contributed by atoms with Gasteiger partial charge in [-0.2, -0.15) is 0 Å². The van der Waals surface area contributed by atoms with Gasteiger partial charge >= 0.3 is 0 Å².